The molecule has 2 aliphatic rings. The lowest BCUT2D eigenvalue weighted by Crippen LogP contribution is -2.32. The van der Waals surface area contributed by atoms with E-state index in [1.165, 1.54) is 11.1 Å². The molecule has 0 unspecified atom stereocenters. The highest BCUT2D eigenvalue weighted by molar-refractivity contribution is 5.90. The van der Waals surface area contributed by atoms with Gasteiger partial charge < -0.3 is 0 Å². The number of benzene rings is 1. The molecule has 2 bridgehead atoms. The third kappa shape index (κ3) is 1.01. The third-order valence-electron chi connectivity index (χ3n) is 4.33. The summed E-state index contributed by atoms with van der Waals surface area (Å²) in [5, 5.41) is 0. The van der Waals surface area contributed by atoms with E-state index in [0.717, 1.165) is 12.8 Å². The second kappa shape index (κ2) is 2.72. The molecule has 1 nitrogen and oxygen atoms in total. The van der Waals surface area contributed by atoms with Crippen molar-refractivity contribution in [3.63, 3.8) is 0 Å². The van der Waals surface area contributed by atoms with Gasteiger partial charge in [-0.25, -0.2) is 0 Å². The number of ketones is 1. The van der Waals surface area contributed by atoms with Crippen LogP contribution in [0.3, 0.4) is 0 Å². The Balaban J connectivity index is 2.25. The zero-order valence-electron chi connectivity index (χ0n) is 9.29. The Hall–Kier alpha value is -1.11. The molecule has 2 atom stereocenters. The minimum absolute atomic E-state index is 0.138. The van der Waals surface area contributed by atoms with E-state index >= 15 is 0 Å². The van der Waals surface area contributed by atoms with Crippen LogP contribution >= 0.6 is 0 Å². The first-order valence-corrected chi connectivity index (χ1v) is 5.74. The van der Waals surface area contributed by atoms with Crippen molar-refractivity contribution in [1.82, 2.24) is 0 Å². The molecule has 0 N–H and O–H groups in total. The van der Waals surface area contributed by atoms with Crippen LogP contribution in [0.15, 0.2) is 24.3 Å². The number of rotatable bonds is 0. The molecule has 3 rings (SSSR count). The van der Waals surface area contributed by atoms with Crippen LogP contribution in [0, 0.1) is 5.41 Å². The molecule has 0 radical (unpaired) electrons. The molecular weight excluding hydrogens is 184 g/mol. The fourth-order valence-corrected chi connectivity index (χ4v) is 3.64. The number of Topliss-reactive ketones (excluding diaryl/α,β-unsaturated/α-hetero) is 1. The number of hydrogen-bond acceptors (Lipinski definition) is 1. The first-order chi connectivity index (χ1) is 7.12. The van der Waals surface area contributed by atoms with Crippen molar-refractivity contribution in [2.45, 2.75) is 38.5 Å². The van der Waals surface area contributed by atoms with Gasteiger partial charge in [0.1, 0.15) is 5.78 Å². The summed E-state index contributed by atoms with van der Waals surface area (Å²) in [7, 11) is 0. The number of carbonyl (C=O) groups excluding carboxylic acids is 1. The fraction of sp³-hybridized carbons (Fsp3) is 0.500. The van der Waals surface area contributed by atoms with E-state index in [2.05, 4.69) is 38.1 Å². The van der Waals surface area contributed by atoms with E-state index in [4.69, 9.17) is 0 Å². The van der Waals surface area contributed by atoms with E-state index in [1.54, 1.807) is 0 Å². The van der Waals surface area contributed by atoms with Crippen molar-refractivity contribution < 1.29 is 4.79 Å². The average molecular weight is 200 g/mol. The van der Waals surface area contributed by atoms with E-state index in [9.17, 15) is 4.79 Å². The molecule has 0 saturated heterocycles. The monoisotopic (exact) mass is 200 g/mol. The Morgan fingerprint density at radius 2 is 1.87 bits per heavy atom. The second-order valence-electron chi connectivity index (χ2n) is 5.44. The number of fused-ring (bicyclic) bond motifs is 5. The summed E-state index contributed by atoms with van der Waals surface area (Å²) in [5.74, 6) is 1.20. The first kappa shape index (κ1) is 9.14. The molecule has 0 spiro atoms. The van der Waals surface area contributed by atoms with Gasteiger partial charge in [-0.3, -0.25) is 4.79 Å². The highest BCUT2D eigenvalue weighted by Crippen LogP contribution is 2.60. The van der Waals surface area contributed by atoms with Crippen LogP contribution in [0.1, 0.15) is 49.7 Å². The van der Waals surface area contributed by atoms with Crippen molar-refractivity contribution in [1.29, 1.82) is 0 Å². The van der Waals surface area contributed by atoms with Crippen LogP contribution in [0.25, 0.3) is 0 Å². The van der Waals surface area contributed by atoms with Crippen LogP contribution in [-0.2, 0) is 4.79 Å². The van der Waals surface area contributed by atoms with Crippen molar-refractivity contribution in [3.05, 3.63) is 35.4 Å². The molecule has 0 heterocycles. The average Bonchev–Trinajstić information content (AvgIpc) is 2.31. The summed E-state index contributed by atoms with van der Waals surface area (Å²) in [4.78, 5) is 12.0. The van der Waals surface area contributed by atoms with Crippen molar-refractivity contribution in [2.75, 3.05) is 0 Å². The summed E-state index contributed by atoms with van der Waals surface area (Å²) in [5.41, 5.74) is 2.87. The Kier molecular flexibility index (Phi) is 1.66. The molecule has 0 aromatic heterocycles. The molecule has 0 aliphatic heterocycles. The van der Waals surface area contributed by atoms with Crippen LogP contribution in [0.5, 0.6) is 0 Å². The van der Waals surface area contributed by atoms with Gasteiger partial charge in [0, 0.05) is 12.3 Å². The molecular formula is C14H16O. The summed E-state index contributed by atoms with van der Waals surface area (Å²) < 4.78 is 0. The van der Waals surface area contributed by atoms with Crippen molar-refractivity contribution in [2.24, 2.45) is 5.41 Å². The lowest BCUT2D eigenvalue weighted by molar-refractivity contribution is -0.125. The maximum atomic E-state index is 12.0. The Morgan fingerprint density at radius 3 is 2.60 bits per heavy atom. The maximum absolute atomic E-state index is 12.0. The molecule has 1 heteroatoms. The zero-order valence-corrected chi connectivity index (χ0v) is 9.29. The highest BCUT2D eigenvalue weighted by atomic mass is 16.1. The van der Waals surface area contributed by atoms with Gasteiger partial charge in [0.2, 0.25) is 0 Å². The second-order valence-corrected chi connectivity index (χ2v) is 5.44. The van der Waals surface area contributed by atoms with Gasteiger partial charge in [0.25, 0.3) is 0 Å². The van der Waals surface area contributed by atoms with Crippen LogP contribution in [0.4, 0.5) is 0 Å². The highest BCUT2D eigenvalue weighted by Gasteiger charge is 2.52. The van der Waals surface area contributed by atoms with Gasteiger partial charge in [-0.15, -0.1) is 0 Å². The summed E-state index contributed by atoms with van der Waals surface area (Å²) >= 11 is 0. The van der Waals surface area contributed by atoms with Gasteiger partial charge in [0.15, 0.2) is 0 Å². The lowest BCUT2D eigenvalue weighted by atomic mass is 9.66. The number of carbonyl (C=O) groups is 1. The molecule has 1 fully saturated rings. The smallest absolute Gasteiger partial charge is 0.140 e. The van der Waals surface area contributed by atoms with Gasteiger partial charge in [-0.05, 0) is 28.9 Å². The van der Waals surface area contributed by atoms with E-state index in [-0.39, 0.29) is 11.3 Å². The summed E-state index contributed by atoms with van der Waals surface area (Å²) in [6.45, 7) is 4.50. The van der Waals surface area contributed by atoms with Crippen molar-refractivity contribution in [3.8, 4) is 0 Å². The third-order valence-corrected chi connectivity index (χ3v) is 4.33. The molecule has 78 valence electrons. The molecule has 1 aromatic rings. The largest absolute Gasteiger partial charge is 0.299 e. The topological polar surface area (TPSA) is 17.1 Å². The molecule has 15 heavy (non-hydrogen) atoms. The predicted molar refractivity (Wildman–Crippen MR) is 59.9 cm³/mol. The predicted octanol–water partition coefficient (Wildman–Crippen LogP) is 3.26. The summed E-state index contributed by atoms with van der Waals surface area (Å²) in [6.07, 6.45) is 1.81. The Morgan fingerprint density at radius 1 is 1.20 bits per heavy atom. The molecule has 2 aliphatic carbocycles. The SMILES string of the molecule is CC1(C)[C@@H]2C(=O)CC[C@H]1c1ccccc12. The van der Waals surface area contributed by atoms with Crippen LogP contribution < -0.4 is 0 Å². The molecule has 1 saturated carbocycles. The lowest BCUT2D eigenvalue weighted by Gasteiger charge is -2.37. The fourth-order valence-electron chi connectivity index (χ4n) is 3.64. The van der Waals surface area contributed by atoms with E-state index in [1.807, 2.05) is 0 Å². The summed E-state index contributed by atoms with van der Waals surface area (Å²) in [6, 6.07) is 8.51. The van der Waals surface area contributed by atoms with Gasteiger partial charge in [0.05, 0.1) is 0 Å². The van der Waals surface area contributed by atoms with Gasteiger partial charge in [-0.2, -0.15) is 0 Å². The van der Waals surface area contributed by atoms with Gasteiger partial charge in [-0.1, -0.05) is 38.1 Å². The Labute approximate surface area is 90.5 Å². The quantitative estimate of drug-likeness (QED) is 0.628. The maximum Gasteiger partial charge on any atom is 0.140 e. The van der Waals surface area contributed by atoms with Crippen LogP contribution in [0.2, 0.25) is 0 Å². The van der Waals surface area contributed by atoms with Gasteiger partial charge >= 0.3 is 0 Å². The van der Waals surface area contributed by atoms with E-state index in [0.29, 0.717) is 11.7 Å². The van der Waals surface area contributed by atoms with Crippen LogP contribution in [-0.4, -0.2) is 5.78 Å². The number of hydrogen-bond donors (Lipinski definition) is 0. The minimum atomic E-state index is 0.138. The van der Waals surface area contributed by atoms with Crippen molar-refractivity contribution >= 4 is 5.78 Å². The minimum Gasteiger partial charge on any atom is -0.299 e. The molecule has 0 amide bonds. The Bertz CT molecular complexity index is 431. The standard InChI is InChI=1S/C14H16O/c1-14(2)11-7-8-12(15)13(14)10-6-4-3-5-9(10)11/h3-6,11,13H,7-8H2,1-2H3/t11-,13-/m0/s1. The normalized spacial score (nSPS) is 31.5. The van der Waals surface area contributed by atoms with E-state index < -0.39 is 0 Å². The molecule has 1 aromatic carbocycles. The zero-order chi connectivity index (χ0) is 10.6. The first-order valence-electron chi connectivity index (χ1n) is 5.74.